The van der Waals surface area contributed by atoms with Crippen LogP contribution in [0, 0.1) is 0 Å². The summed E-state index contributed by atoms with van der Waals surface area (Å²) in [5, 5.41) is 0.0319. The molecule has 1 amide bonds. The van der Waals surface area contributed by atoms with Crippen molar-refractivity contribution in [3.8, 4) is 0 Å². The number of rotatable bonds is 4. The number of benzene rings is 2. The van der Waals surface area contributed by atoms with Crippen LogP contribution in [-0.2, 0) is 14.3 Å². The van der Waals surface area contributed by atoms with Crippen LogP contribution in [0.2, 0.25) is 0 Å². The zero-order chi connectivity index (χ0) is 17.4. The van der Waals surface area contributed by atoms with E-state index in [4.69, 9.17) is 4.74 Å². The molecule has 25 heavy (non-hydrogen) atoms. The molecule has 2 heterocycles. The number of hydrogen-bond acceptors (Lipinski definition) is 4. The second-order valence-electron chi connectivity index (χ2n) is 6.08. The van der Waals surface area contributed by atoms with Crippen molar-refractivity contribution in [1.29, 1.82) is 0 Å². The highest BCUT2D eigenvalue weighted by molar-refractivity contribution is 8.04. The Morgan fingerprint density at radius 1 is 1.08 bits per heavy atom. The Bertz CT molecular complexity index is 782. The fourth-order valence-corrected chi connectivity index (χ4v) is 4.48. The lowest BCUT2D eigenvalue weighted by Crippen LogP contribution is -2.54. The van der Waals surface area contributed by atoms with Crippen molar-refractivity contribution in [2.45, 2.75) is 23.9 Å². The highest BCUT2D eigenvalue weighted by Gasteiger charge is 2.52. The summed E-state index contributed by atoms with van der Waals surface area (Å²) in [6.45, 7) is 3.95. The van der Waals surface area contributed by atoms with Crippen molar-refractivity contribution in [2.75, 3.05) is 0 Å². The number of β-lactam (4-membered cyclic amide) rings is 1. The van der Waals surface area contributed by atoms with Crippen LogP contribution in [0.5, 0.6) is 0 Å². The zero-order valence-corrected chi connectivity index (χ0v) is 14.3. The molecule has 0 aliphatic carbocycles. The van der Waals surface area contributed by atoms with E-state index >= 15 is 0 Å². The minimum Gasteiger partial charge on any atom is -0.451 e. The lowest BCUT2D eigenvalue weighted by atomic mass is 10.0. The van der Waals surface area contributed by atoms with E-state index in [2.05, 4.69) is 6.58 Å². The summed E-state index contributed by atoms with van der Waals surface area (Å²) in [6, 6.07) is 18.5. The van der Waals surface area contributed by atoms with Crippen molar-refractivity contribution in [2.24, 2.45) is 0 Å². The fourth-order valence-electron chi connectivity index (χ4n) is 3.21. The van der Waals surface area contributed by atoms with E-state index in [9.17, 15) is 9.59 Å². The second kappa shape index (κ2) is 6.41. The number of carbonyl (C=O) groups excluding carboxylic acids is 2. The monoisotopic (exact) mass is 351 g/mol. The first kappa shape index (κ1) is 16.0. The van der Waals surface area contributed by atoms with E-state index in [0.29, 0.717) is 11.3 Å². The predicted octanol–water partition coefficient (Wildman–Crippen LogP) is 3.51. The molecule has 2 unspecified atom stereocenters. The number of esters is 1. The van der Waals surface area contributed by atoms with Gasteiger partial charge in [-0.1, -0.05) is 67.2 Å². The van der Waals surface area contributed by atoms with Gasteiger partial charge in [0.1, 0.15) is 0 Å². The van der Waals surface area contributed by atoms with Gasteiger partial charge in [-0.2, -0.15) is 0 Å². The van der Waals surface area contributed by atoms with Gasteiger partial charge in [0.25, 0.3) is 0 Å². The maximum Gasteiger partial charge on any atom is 0.335 e. The van der Waals surface area contributed by atoms with E-state index < -0.39 is 18.1 Å². The van der Waals surface area contributed by atoms with Gasteiger partial charge >= 0.3 is 5.97 Å². The minimum absolute atomic E-state index is 0.0194. The van der Waals surface area contributed by atoms with E-state index in [-0.39, 0.29) is 11.3 Å². The number of thioether (sulfide) groups is 1. The molecule has 2 aromatic carbocycles. The molecule has 0 N–H and O–H groups in total. The van der Waals surface area contributed by atoms with Crippen LogP contribution in [0.1, 0.15) is 23.7 Å². The average Bonchev–Trinajstić information content (AvgIpc) is 2.91. The first-order valence-corrected chi connectivity index (χ1v) is 9.00. The van der Waals surface area contributed by atoms with Crippen molar-refractivity contribution < 1.29 is 14.3 Å². The molecule has 4 nitrogen and oxygen atoms in total. The predicted molar refractivity (Wildman–Crippen MR) is 96.6 cm³/mol. The summed E-state index contributed by atoms with van der Waals surface area (Å²) in [4.78, 5) is 27.0. The quantitative estimate of drug-likeness (QED) is 0.625. The molecule has 4 rings (SSSR count). The third-order valence-corrected chi connectivity index (χ3v) is 5.67. The Morgan fingerprint density at radius 2 is 1.64 bits per heavy atom. The van der Waals surface area contributed by atoms with E-state index in [0.717, 1.165) is 11.1 Å². The number of ether oxygens (including phenoxy) is 1. The van der Waals surface area contributed by atoms with Crippen molar-refractivity contribution in [3.63, 3.8) is 0 Å². The Kier molecular flexibility index (Phi) is 4.09. The Hall–Kier alpha value is -2.53. The topological polar surface area (TPSA) is 46.6 Å². The average molecular weight is 351 g/mol. The number of hydrogen-bond donors (Lipinski definition) is 0. The SMILES string of the molecule is C=C1SC2CC(=O)N2C1C(=O)OC(c1ccccc1)c1ccccc1. The van der Waals surface area contributed by atoms with Crippen LogP contribution in [-0.4, -0.2) is 28.2 Å². The molecule has 2 atom stereocenters. The van der Waals surface area contributed by atoms with Crippen molar-refractivity contribution in [1.82, 2.24) is 4.90 Å². The zero-order valence-electron chi connectivity index (χ0n) is 13.5. The van der Waals surface area contributed by atoms with Crippen molar-refractivity contribution in [3.05, 3.63) is 83.3 Å². The second-order valence-corrected chi connectivity index (χ2v) is 7.39. The van der Waals surface area contributed by atoms with Gasteiger partial charge in [0.05, 0.1) is 11.8 Å². The Balaban J connectivity index is 1.62. The molecule has 5 heteroatoms. The highest BCUT2D eigenvalue weighted by Crippen LogP contribution is 2.46. The summed E-state index contributed by atoms with van der Waals surface area (Å²) in [5.74, 6) is -0.445. The molecule has 126 valence electrons. The Morgan fingerprint density at radius 3 is 2.16 bits per heavy atom. The summed E-state index contributed by atoms with van der Waals surface area (Å²) < 4.78 is 5.87. The van der Waals surface area contributed by atoms with Crippen LogP contribution in [0.3, 0.4) is 0 Å². The largest absolute Gasteiger partial charge is 0.451 e. The van der Waals surface area contributed by atoms with Gasteiger partial charge in [0.15, 0.2) is 12.1 Å². The van der Waals surface area contributed by atoms with E-state index in [1.807, 2.05) is 60.7 Å². The minimum atomic E-state index is -0.689. The van der Waals surface area contributed by atoms with E-state index in [1.165, 1.54) is 11.8 Å². The lowest BCUT2D eigenvalue weighted by molar-refractivity contribution is -0.161. The van der Waals surface area contributed by atoms with Crippen molar-refractivity contribution >= 4 is 23.6 Å². The van der Waals surface area contributed by atoms with E-state index in [1.54, 1.807) is 4.90 Å². The van der Waals surface area contributed by atoms with Gasteiger partial charge in [-0.25, -0.2) is 4.79 Å². The number of carbonyl (C=O) groups is 2. The molecule has 0 spiro atoms. The molecule has 2 fully saturated rings. The molecule has 0 aromatic heterocycles. The van der Waals surface area contributed by atoms with Gasteiger partial charge in [0, 0.05) is 4.91 Å². The van der Waals surface area contributed by atoms with Crippen LogP contribution in [0.4, 0.5) is 0 Å². The van der Waals surface area contributed by atoms with Crippen LogP contribution < -0.4 is 0 Å². The van der Waals surface area contributed by atoms with Crippen LogP contribution in [0.15, 0.2) is 72.1 Å². The summed E-state index contributed by atoms with van der Waals surface area (Å²) in [7, 11) is 0. The van der Waals surface area contributed by atoms with Gasteiger partial charge in [-0.15, -0.1) is 11.8 Å². The standard InChI is InChI=1S/C20H17NO3S/c1-13-18(21-16(22)12-17(21)25-13)20(23)24-19(14-8-4-2-5-9-14)15-10-6-3-7-11-15/h2-11,17-19H,1,12H2. The lowest BCUT2D eigenvalue weighted by Gasteiger charge is -2.36. The molecule has 0 radical (unpaired) electrons. The van der Waals surface area contributed by atoms with Crippen LogP contribution in [0.25, 0.3) is 0 Å². The number of fused-ring (bicyclic) bond motifs is 1. The first-order valence-electron chi connectivity index (χ1n) is 8.12. The third kappa shape index (κ3) is 2.85. The maximum absolute atomic E-state index is 12.9. The summed E-state index contributed by atoms with van der Waals surface area (Å²) in [5.41, 5.74) is 1.79. The molecule has 2 aliphatic heterocycles. The number of amides is 1. The maximum atomic E-state index is 12.9. The number of nitrogens with zero attached hydrogens (tertiary/aromatic N) is 1. The molecule has 0 saturated carbocycles. The normalized spacial score (nSPS) is 21.9. The summed E-state index contributed by atoms with van der Waals surface area (Å²) in [6.07, 6.45) is -0.0445. The van der Waals surface area contributed by atoms with Crippen LogP contribution >= 0.6 is 11.8 Å². The molecule has 2 aromatic rings. The third-order valence-electron chi connectivity index (χ3n) is 4.48. The molecular formula is C20H17NO3S. The Labute approximate surface area is 150 Å². The fraction of sp³-hybridized carbons (Fsp3) is 0.200. The summed E-state index contributed by atoms with van der Waals surface area (Å²) >= 11 is 1.48. The highest BCUT2D eigenvalue weighted by atomic mass is 32.2. The van der Waals surface area contributed by atoms with Gasteiger partial charge in [-0.3, -0.25) is 4.79 Å². The molecular weight excluding hydrogens is 334 g/mol. The first-order chi connectivity index (χ1) is 12.1. The van der Waals surface area contributed by atoms with Gasteiger partial charge in [-0.05, 0) is 11.1 Å². The smallest absolute Gasteiger partial charge is 0.335 e. The van der Waals surface area contributed by atoms with Gasteiger partial charge < -0.3 is 9.64 Å². The van der Waals surface area contributed by atoms with Gasteiger partial charge in [0.2, 0.25) is 5.91 Å². The molecule has 2 saturated heterocycles. The molecule has 2 aliphatic rings. The molecule has 0 bridgehead atoms.